The number of carbonyl (C=O) groups is 1. The van der Waals surface area contributed by atoms with Gasteiger partial charge in [0.05, 0.1) is 12.7 Å². The summed E-state index contributed by atoms with van der Waals surface area (Å²) in [7, 11) is 0. The van der Waals surface area contributed by atoms with Crippen molar-refractivity contribution >= 4 is 6.29 Å². The molecule has 0 spiro atoms. The van der Waals surface area contributed by atoms with Gasteiger partial charge in [-0.1, -0.05) is 0 Å². The molecule has 0 saturated heterocycles. The second kappa shape index (κ2) is 6.28. The molecular weight excluding hydrogens is 204 g/mol. The quantitative estimate of drug-likeness (QED) is 0.548. The summed E-state index contributed by atoms with van der Waals surface area (Å²) in [6.07, 6.45) is 1.07. The summed E-state index contributed by atoms with van der Waals surface area (Å²) in [6.45, 7) is 6.97. The minimum absolute atomic E-state index is 0.225. The van der Waals surface area contributed by atoms with E-state index in [1.54, 1.807) is 12.1 Å². The van der Waals surface area contributed by atoms with Crippen LogP contribution in [-0.4, -0.2) is 25.6 Å². The van der Waals surface area contributed by atoms with E-state index in [4.69, 9.17) is 9.47 Å². The minimum Gasteiger partial charge on any atom is -0.491 e. The fourth-order valence-electron chi connectivity index (χ4n) is 1.31. The highest BCUT2D eigenvalue weighted by atomic mass is 16.5. The van der Waals surface area contributed by atoms with Crippen molar-refractivity contribution in [2.45, 2.75) is 26.9 Å². The number of rotatable bonds is 6. The van der Waals surface area contributed by atoms with Crippen LogP contribution in [-0.2, 0) is 4.74 Å². The van der Waals surface area contributed by atoms with Crippen LogP contribution in [0.2, 0.25) is 0 Å². The lowest BCUT2D eigenvalue weighted by molar-refractivity contribution is 0.0552. The van der Waals surface area contributed by atoms with E-state index in [0.717, 1.165) is 17.6 Å². The highest BCUT2D eigenvalue weighted by Crippen LogP contribution is 2.15. The van der Waals surface area contributed by atoms with Crippen molar-refractivity contribution in [3.63, 3.8) is 0 Å². The largest absolute Gasteiger partial charge is 0.491 e. The van der Waals surface area contributed by atoms with Crippen molar-refractivity contribution in [3.05, 3.63) is 29.3 Å². The molecule has 0 amide bonds. The SMILES string of the molecule is Cc1cc(OCCOC(C)C)ccc1C=O. The van der Waals surface area contributed by atoms with Crippen molar-refractivity contribution in [1.29, 1.82) is 0 Å². The lowest BCUT2D eigenvalue weighted by atomic mass is 10.1. The molecule has 0 fully saturated rings. The Labute approximate surface area is 96.4 Å². The summed E-state index contributed by atoms with van der Waals surface area (Å²) >= 11 is 0. The lowest BCUT2D eigenvalue weighted by Crippen LogP contribution is -2.11. The van der Waals surface area contributed by atoms with E-state index < -0.39 is 0 Å². The van der Waals surface area contributed by atoms with E-state index in [1.165, 1.54) is 0 Å². The van der Waals surface area contributed by atoms with Gasteiger partial charge in [-0.2, -0.15) is 0 Å². The molecule has 0 bridgehead atoms. The Balaban J connectivity index is 2.43. The van der Waals surface area contributed by atoms with Gasteiger partial charge < -0.3 is 9.47 Å². The first-order chi connectivity index (χ1) is 7.63. The maximum Gasteiger partial charge on any atom is 0.150 e. The molecule has 1 rings (SSSR count). The molecule has 0 aliphatic heterocycles. The van der Waals surface area contributed by atoms with Crippen LogP contribution < -0.4 is 4.74 Å². The van der Waals surface area contributed by atoms with Crippen molar-refractivity contribution in [2.75, 3.05) is 13.2 Å². The third-order valence-electron chi connectivity index (χ3n) is 2.17. The summed E-state index contributed by atoms with van der Waals surface area (Å²) < 4.78 is 10.9. The second-order valence-electron chi connectivity index (χ2n) is 3.90. The van der Waals surface area contributed by atoms with Gasteiger partial charge in [-0.15, -0.1) is 0 Å². The average Bonchev–Trinajstić information content (AvgIpc) is 2.24. The zero-order chi connectivity index (χ0) is 12.0. The molecule has 88 valence electrons. The molecule has 0 aliphatic carbocycles. The van der Waals surface area contributed by atoms with Crippen molar-refractivity contribution < 1.29 is 14.3 Å². The molecule has 0 aromatic heterocycles. The van der Waals surface area contributed by atoms with Crippen LogP contribution in [0, 0.1) is 6.92 Å². The Hall–Kier alpha value is -1.35. The number of hydrogen-bond acceptors (Lipinski definition) is 3. The predicted octanol–water partition coefficient (Wildman–Crippen LogP) is 2.61. The summed E-state index contributed by atoms with van der Waals surface area (Å²) in [5, 5.41) is 0. The molecule has 0 heterocycles. The normalized spacial score (nSPS) is 10.5. The van der Waals surface area contributed by atoms with E-state index in [-0.39, 0.29) is 6.10 Å². The molecule has 3 heteroatoms. The van der Waals surface area contributed by atoms with Gasteiger partial charge in [0.15, 0.2) is 0 Å². The number of aryl methyl sites for hydroxylation is 1. The maximum atomic E-state index is 10.6. The van der Waals surface area contributed by atoms with Gasteiger partial charge in [0, 0.05) is 5.56 Å². The van der Waals surface area contributed by atoms with Gasteiger partial charge in [0.1, 0.15) is 18.6 Å². The number of aldehydes is 1. The Kier molecular flexibility index (Phi) is 4.99. The van der Waals surface area contributed by atoms with Gasteiger partial charge in [-0.25, -0.2) is 0 Å². The van der Waals surface area contributed by atoms with Gasteiger partial charge >= 0.3 is 0 Å². The zero-order valence-corrected chi connectivity index (χ0v) is 10.0. The maximum absolute atomic E-state index is 10.6. The summed E-state index contributed by atoms with van der Waals surface area (Å²) in [6, 6.07) is 5.42. The van der Waals surface area contributed by atoms with Crippen molar-refractivity contribution in [1.82, 2.24) is 0 Å². The molecule has 0 N–H and O–H groups in total. The first kappa shape index (κ1) is 12.7. The second-order valence-corrected chi connectivity index (χ2v) is 3.90. The predicted molar refractivity (Wildman–Crippen MR) is 63.1 cm³/mol. The molecule has 0 radical (unpaired) electrons. The highest BCUT2D eigenvalue weighted by Gasteiger charge is 2.00. The minimum atomic E-state index is 0.225. The molecule has 1 aromatic rings. The van der Waals surface area contributed by atoms with E-state index in [1.807, 2.05) is 26.8 Å². The smallest absolute Gasteiger partial charge is 0.150 e. The zero-order valence-electron chi connectivity index (χ0n) is 10.0. The molecular formula is C13H18O3. The topological polar surface area (TPSA) is 35.5 Å². The third-order valence-corrected chi connectivity index (χ3v) is 2.17. The number of benzene rings is 1. The van der Waals surface area contributed by atoms with Crippen LogP contribution in [0.1, 0.15) is 29.8 Å². The van der Waals surface area contributed by atoms with Gasteiger partial charge in [-0.3, -0.25) is 4.79 Å². The Morgan fingerprint density at radius 2 is 2.06 bits per heavy atom. The molecule has 0 saturated carbocycles. The van der Waals surface area contributed by atoms with Gasteiger partial charge in [-0.05, 0) is 44.5 Å². The molecule has 0 atom stereocenters. The van der Waals surface area contributed by atoms with Crippen molar-refractivity contribution in [2.24, 2.45) is 0 Å². The Morgan fingerprint density at radius 3 is 2.62 bits per heavy atom. The van der Waals surface area contributed by atoms with Crippen LogP contribution in [0.15, 0.2) is 18.2 Å². The number of carbonyl (C=O) groups excluding carboxylic acids is 1. The molecule has 1 aromatic carbocycles. The average molecular weight is 222 g/mol. The fraction of sp³-hybridized carbons (Fsp3) is 0.462. The fourth-order valence-corrected chi connectivity index (χ4v) is 1.31. The Morgan fingerprint density at radius 1 is 1.31 bits per heavy atom. The third kappa shape index (κ3) is 4.03. The molecule has 3 nitrogen and oxygen atoms in total. The Bertz CT molecular complexity index is 345. The van der Waals surface area contributed by atoms with Crippen LogP contribution in [0.4, 0.5) is 0 Å². The summed E-state index contributed by atoms with van der Waals surface area (Å²) in [4.78, 5) is 10.6. The van der Waals surface area contributed by atoms with E-state index in [2.05, 4.69) is 0 Å². The van der Waals surface area contributed by atoms with Gasteiger partial charge in [0.25, 0.3) is 0 Å². The van der Waals surface area contributed by atoms with Crippen LogP contribution in [0.25, 0.3) is 0 Å². The first-order valence-electron chi connectivity index (χ1n) is 5.43. The number of hydrogen-bond donors (Lipinski definition) is 0. The van der Waals surface area contributed by atoms with Crippen LogP contribution in [0.3, 0.4) is 0 Å². The monoisotopic (exact) mass is 222 g/mol. The molecule has 16 heavy (non-hydrogen) atoms. The van der Waals surface area contributed by atoms with E-state index >= 15 is 0 Å². The van der Waals surface area contributed by atoms with E-state index in [0.29, 0.717) is 18.8 Å². The summed E-state index contributed by atoms with van der Waals surface area (Å²) in [5.41, 5.74) is 1.63. The number of ether oxygens (including phenoxy) is 2. The lowest BCUT2D eigenvalue weighted by Gasteiger charge is -2.10. The first-order valence-corrected chi connectivity index (χ1v) is 5.43. The highest BCUT2D eigenvalue weighted by molar-refractivity contribution is 5.77. The van der Waals surface area contributed by atoms with Crippen LogP contribution >= 0.6 is 0 Å². The summed E-state index contributed by atoms with van der Waals surface area (Å²) in [5.74, 6) is 0.774. The van der Waals surface area contributed by atoms with Crippen LogP contribution in [0.5, 0.6) is 5.75 Å². The van der Waals surface area contributed by atoms with E-state index in [9.17, 15) is 4.79 Å². The molecule has 0 aliphatic rings. The van der Waals surface area contributed by atoms with Gasteiger partial charge in [0.2, 0.25) is 0 Å². The molecule has 0 unspecified atom stereocenters. The standard InChI is InChI=1S/C13H18O3/c1-10(2)15-6-7-16-13-5-4-12(9-14)11(3)8-13/h4-5,8-10H,6-7H2,1-3H3. The van der Waals surface area contributed by atoms with Crippen molar-refractivity contribution in [3.8, 4) is 5.75 Å².